The summed E-state index contributed by atoms with van der Waals surface area (Å²) < 4.78 is 19.2. The first kappa shape index (κ1) is 17.9. The lowest BCUT2D eigenvalue weighted by molar-refractivity contribution is -0.131. The molecule has 2 amide bonds. The third-order valence-corrected chi connectivity index (χ3v) is 6.04. The van der Waals surface area contributed by atoms with Gasteiger partial charge in [0.2, 0.25) is 5.91 Å². The molecule has 1 aromatic carbocycles. The van der Waals surface area contributed by atoms with E-state index in [2.05, 4.69) is 4.74 Å². The highest BCUT2D eigenvalue weighted by molar-refractivity contribution is 6.01. The standard InChI is InChI=1S/C20H23FN2O4/c1-27-20(26)12-9-13-14(15(21)10-12)11-23(19(13)25)17-6-3-2-5-16(17)22-8-4-7-18(22)24/h9-10,16-17H,2-8,11H2,1H3/t16-,17-/m1/s1. The summed E-state index contributed by atoms with van der Waals surface area (Å²) in [5.74, 6) is -1.34. The first-order valence-electron chi connectivity index (χ1n) is 9.52. The van der Waals surface area contributed by atoms with Crippen LogP contribution in [0.1, 0.15) is 64.8 Å². The normalized spacial score (nSPS) is 25.1. The predicted octanol–water partition coefficient (Wildman–Crippen LogP) is 2.50. The maximum Gasteiger partial charge on any atom is 0.337 e. The van der Waals surface area contributed by atoms with Crippen molar-refractivity contribution in [3.63, 3.8) is 0 Å². The van der Waals surface area contributed by atoms with E-state index in [-0.39, 0.29) is 41.6 Å². The van der Waals surface area contributed by atoms with Gasteiger partial charge < -0.3 is 14.5 Å². The van der Waals surface area contributed by atoms with Gasteiger partial charge in [0.15, 0.2) is 0 Å². The van der Waals surface area contributed by atoms with Crippen LogP contribution in [-0.4, -0.2) is 53.3 Å². The van der Waals surface area contributed by atoms with Crippen molar-refractivity contribution in [1.82, 2.24) is 9.80 Å². The van der Waals surface area contributed by atoms with Gasteiger partial charge in [-0.25, -0.2) is 9.18 Å². The molecule has 3 aliphatic rings. The molecule has 0 aromatic heterocycles. The molecule has 1 aromatic rings. The lowest BCUT2D eigenvalue weighted by Crippen LogP contribution is -2.53. The number of benzene rings is 1. The second-order valence-electron chi connectivity index (χ2n) is 7.52. The van der Waals surface area contributed by atoms with E-state index in [0.717, 1.165) is 44.7 Å². The Bertz CT molecular complexity index is 809. The van der Waals surface area contributed by atoms with Crippen molar-refractivity contribution >= 4 is 17.8 Å². The van der Waals surface area contributed by atoms with Gasteiger partial charge in [-0.3, -0.25) is 9.59 Å². The molecule has 0 spiro atoms. The summed E-state index contributed by atoms with van der Waals surface area (Å²) in [7, 11) is 1.22. The highest BCUT2D eigenvalue weighted by Gasteiger charge is 2.43. The fourth-order valence-electron chi connectivity index (χ4n) is 4.73. The van der Waals surface area contributed by atoms with Gasteiger partial charge in [0, 0.05) is 24.1 Å². The van der Waals surface area contributed by atoms with Crippen LogP contribution in [0, 0.1) is 5.82 Å². The van der Waals surface area contributed by atoms with E-state index in [1.165, 1.54) is 13.2 Å². The molecule has 1 aliphatic carbocycles. The zero-order valence-electron chi connectivity index (χ0n) is 15.4. The van der Waals surface area contributed by atoms with Crippen molar-refractivity contribution in [3.8, 4) is 0 Å². The highest BCUT2D eigenvalue weighted by Crippen LogP contribution is 2.36. The topological polar surface area (TPSA) is 66.9 Å². The van der Waals surface area contributed by atoms with E-state index >= 15 is 0 Å². The summed E-state index contributed by atoms with van der Waals surface area (Å²) in [6.45, 7) is 0.917. The van der Waals surface area contributed by atoms with E-state index in [1.54, 1.807) is 4.90 Å². The number of likely N-dealkylation sites (tertiary alicyclic amines) is 1. The van der Waals surface area contributed by atoms with Gasteiger partial charge in [-0.1, -0.05) is 12.8 Å². The molecular formula is C20H23FN2O4. The van der Waals surface area contributed by atoms with Crippen LogP contribution >= 0.6 is 0 Å². The number of nitrogens with zero attached hydrogens (tertiary/aromatic N) is 2. The summed E-state index contributed by atoms with van der Waals surface area (Å²) in [4.78, 5) is 40.7. The fourth-order valence-corrected chi connectivity index (χ4v) is 4.73. The molecule has 2 fully saturated rings. The third-order valence-electron chi connectivity index (χ3n) is 6.04. The molecule has 7 heteroatoms. The van der Waals surface area contributed by atoms with E-state index in [0.29, 0.717) is 12.0 Å². The predicted molar refractivity (Wildman–Crippen MR) is 94.6 cm³/mol. The zero-order chi connectivity index (χ0) is 19.1. The van der Waals surface area contributed by atoms with Crippen LogP contribution in [0.3, 0.4) is 0 Å². The first-order chi connectivity index (χ1) is 13.0. The molecular weight excluding hydrogens is 351 g/mol. The molecule has 0 radical (unpaired) electrons. The van der Waals surface area contributed by atoms with Gasteiger partial charge in [-0.05, 0) is 31.4 Å². The third kappa shape index (κ3) is 2.99. The number of rotatable bonds is 3. The minimum atomic E-state index is -0.666. The Balaban J connectivity index is 1.64. The molecule has 144 valence electrons. The maximum absolute atomic E-state index is 14.6. The molecule has 27 heavy (non-hydrogen) atoms. The van der Waals surface area contributed by atoms with Gasteiger partial charge in [-0.15, -0.1) is 0 Å². The molecule has 0 unspecified atom stereocenters. The molecule has 1 saturated heterocycles. The number of amides is 2. The van der Waals surface area contributed by atoms with Crippen molar-refractivity contribution in [2.45, 2.75) is 57.2 Å². The van der Waals surface area contributed by atoms with E-state index in [1.807, 2.05) is 4.90 Å². The number of esters is 1. The number of methoxy groups -OCH3 is 1. The molecule has 1 saturated carbocycles. The molecule has 0 bridgehead atoms. The van der Waals surface area contributed by atoms with Crippen molar-refractivity contribution in [3.05, 3.63) is 34.6 Å². The van der Waals surface area contributed by atoms with Gasteiger partial charge in [0.1, 0.15) is 5.82 Å². The van der Waals surface area contributed by atoms with E-state index in [4.69, 9.17) is 0 Å². The van der Waals surface area contributed by atoms with Gasteiger partial charge in [0.25, 0.3) is 5.91 Å². The highest BCUT2D eigenvalue weighted by atomic mass is 19.1. The summed E-state index contributed by atoms with van der Waals surface area (Å²) in [5, 5.41) is 0. The van der Waals surface area contributed by atoms with Crippen molar-refractivity contribution < 1.29 is 23.5 Å². The number of hydrogen-bond acceptors (Lipinski definition) is 4. The number of fused-ring (bicyclic) bond motifs is 1. The largest absolute Gasteiger partial charge is 0.465 e. The smallest absolute Gasteiger partial charge is 0.337 e. The molecule has 4 rings (SSSR count). The Hall–Kier alpha value is -2.44. The average Bonchev–Trinajstić information content (AvgIpc) is 3.25. The van der Waals surface area contributed by atoms with Gasteiger partial charge in [-0.2, -0.15) is 0 Å². The Labute approximate surface area is 157 Å². The Morgan fingerprint density at radius 1 is 1.11 bits per heavy atom. The fraction of sp³-hybridized carbons (Fsp3) is 0.550. The lowest BCUT2D eigenvalue weighted by Gasteiger charge is -2.42. The Morgan fingerprint density at radius 3 is 2.44 bits per heavy atom. The van der Waals surface area contributed by atoms with Crippen molar-refractivity contribution in [2.24, 2.45) is 0 Å². The van der Waals surface area contributed by atoms with Gasteiger partial charge in [0.05, 0.1) is 31.3 Å². The molecule has 2 aliphatic heterocycles. The first-order valence-corrected chi connectivity index (χ1v) is 9.52. The SMILES string of the molecule is COC(=O)c1cc(F)c2c(c1)C(=O)N([C@@H]1CCCC[C@H]1N1CCCC1=O)C2. The summed E-state index contributed by atoms with van der Waals surface area (Å²) >= 11 is 0. The summed E-state index contributed by atoms with van der Waals surface area (Å²) in [6, 6.07) is 2.44. The zero-order valence-corrected chi connectivity index (χ0v) is 15.4. The van der Waals surface area contributed by atoms with Crippen LogP contribution in [-0.2, 0) is 16.1 Å². The Kier molecular flexibility index (Phi) is 4.61. The number of hydrogen-bond donors (Lipinski definition) is 0. The van der Waals surface area contributed by atoms with Gasteiger partial charge >= 0.3 is 5.97 Å². The molecule has 0 N–H and O–H groups in total. The van der Waals surface area contributed by atoms with Crippen LogP contribution in [0.15, 0.2) is 12.1 Å². The average molecular weight is 374 g/mol. The minimum Gasteiger partial charge on any atom is -0.465 e. The van der Waals surface area contributed by atoms with E-state index < -0.39 is 11.8 Å². The number of ether oxygens (including phenoxy) is 1. The number of carbonyl (C=O) groups excluding carboxylic acids is 3. The number of halogens is 1. The quantitative estimate of drug-likeness (QED) is 0.763. The van der Waals surface area contributed by atoms with Crippen LogP contribution in [0.5, 0.6) is 0 Å². The van der Waals surface area contributed by atoms with Crippen LogP contribution in [0.2, 0.25) is 0 Å². The van der Waals surface area contributed by atoms with Crippen molar-refractivity contribution in [2.75, 3.05) is 13.7 Å². The summed E-state index contributed by atoms with van der Waals surface area (Å²) in [6.07, 6.45) is 5.11. The minimum absolute atomic E-state index is 0.00449. The Morgan fingerprint density at radius 2 is 1.81 bits per heavy atom. The molecule has 2 atom stereocenters. The van der Waals surface area contributed by atoms with Crippen LogP contribution in [0.4, 0.5) is 4.39 Å². The second-order valence-corrected chi connectivity index (χ2v) is 7.52. The summed E-state index contributed by atoms with van der Waals surface area (Å²) in [5.41, 5.74) is 0.594. The van der Waals surface area contributed by atoms with E-state index in [9.17, 15) is 18.8 Å². The monoisotopic (exact) mass is 374 g/mol. The number of carbonyl (C=O) groups is 3. The lowest BCUT2D eigenvalue weighted by atomic mass is 9.88. The van der Waals surface area contributed by atoms with Crippen LogP contribution < -0.4 is 0 Å². The van der Waals surface area contributed by atoms with Crippen molar-refractivity contribution in [1.29, 1.82) is 0 Å². The maximum atomic E-state index is 14.6. The van der Waals surface area contributed by atoms with Crippen LogP contribution in [0.25, 0.3) is 0 Å². The molecule has 2 heterocycles. The second kappa shape index (κ2) is 6.94. The molecule has 6 nitrogen and oxygen atoms in total.